The molecule has 7 nitrogen and oxygen atoms in total. The predicted octanol–water partition coefficient (Wildman–Crippen LogP) is 2.12. The lowest BCUT2D eigenvalue weighted by atomic mass is 10.00. The first-order valence-electron chi connectivity index (χ1n) is 9.50. The van der Waals surface area contributed by atoms with E-state index in [1.165, 1.54) is 4.57 Å². The number of nitrogens with one attached hydrogen (secondary N) is 1. The van der Waals surface area contributed by atoms with E-state index in [2.05, 4.69) is 17.5 Å². The van der Waals surface area contributed by atoms with E-state index in [1.807, 2.05) is 24.3 Å². The van der Waals surface area contributed by atoms with Gasteiger partial charge in [0.1, 0.15) is 17.0 Å². The molecule has 1 aliphatic heterocycles. The van der Waals surface area contributed by atoms with Gasteiger partial charge in [-0.3, -0.25) is 9.59 Å². The standard InChI is InChI=1S/C21H21N5O2/c1-25-17-5-3-2-4-15(17)18(16(12-22)19(25)27)24-14-6-10-26(11-7-14)20(28)21(13-23)8-9-21/h2-5,14,24H,6-11H2,1H3. The molecule has 4 rings (SSSR count). The highest BCUT2D eigenvalue weighted by Gasteiger charge is 2.52. The largest absolute Gasteiger partial charge is 0.380 e. The molecule has 1 saturated carbocycles. The van der Waals surface area contributed by atoms with Crippen LogP contribution in [0.3, 0.4) is 0 Å². The van der Waals surface area contributed by atoms with Crippen molar-refractivity contribution in [1.29, 1.82) is 10.5 Å². The number of pyridine rings is 1. The van der Waals surface area contributed by atoms with Crippen LogP contribution < -0.4 is 10.9 Å². The maximum Gasteiger partial charge on any atom is 0.270 e. The van der Waals surface area contributed by atoms with Crippen LogP contribution in [0.4, 0.5) is 5.69 Å². The first kappa shape index (κ1) is 18.1. The number of likely N-dealkylation sites (tertiary alicyclic amines) is 1. The fraction of sp³-hybridized carbons (Fsp3) is 0.429. The van der Waals surface area contributed by atoms with Gasteiger partial charge in [0.15, 0.2) is 0 Å². The van der Waals surface area contributed by atoms with E-state index in [1.54, 1.807) is 11.9 Å². The summed E-state index contributed by atoms with van der Waals surface area (Å²) in [7, 11) is 1.67. The average Bonchev–Trinajstić information content (AvgIpc) is 3.53. The van der Waals surface area contributed by atoms with E-state index in [0.717, 1.165) is 10.9 Å². The fourth-order valence-electron chi connectivity index (χ4n) is 3.98. The van der Waals surface area contributed by atoms with E-state index >= 15 is 0 Å². The number of aryl methyl sites for hydroxylation is 1. The molecule has 2 aliphatic rings. The Morgan fingerprint density at radius 3 is 2.50 bits per heavy atom. The normalized spacial score (nSPS) is 18.3. The van der Waals surface area contributed by atoms with Crippen molar-refractivity contribution in [1.82, 2.24) is 9.47 Å². The number of carbonyl (C=O) groups is 1. The molecule has 1 aliphatic carbocycles. The van der Waals surface area contributed by atoms with E-state index < -0.39 is 5.41 Å². The molecule has 2 heterocycles. The Morgan fingerprint density at radius 1 is 1.21 bits per heavy atom. The Bertz CT molecular complexity index is 1090. The summed E-state index contributed by atoms with van der Waals surface area (Å²) in [5.74, 6) is -0.0507. The third-order valence-electron chi connectivity index (χ3n) is 5.92. The number of aromatic nitrogens is 1. The van der Waals surface area contributed by atoms with Gasteiger partial charge < -0.3 is 14.8 Å². The third-order valence-corrected chi connectivity index (χ3v) is 5.92. The molecular formula is C21H21N5O2. The Hall–Kier alpha value is -3.32. The number of fused-ring (bicyclic) bond motifs is 1. The van der Waals surface area contributed by atoms with Crippen LogP contribution in [0.1, 0.15) is 31.2 Å². The van der Waals surface area contributed by atoms with E-state index in [0.29, 0.717) is 44.5 Å². The van der Waals surface area contributed by atoms with Gasteiger partial charge >= 0.3 is 0 Å². The lowest BCUT2D eigenvalue weighted by Crippen LogP contribution is -2.45. The minimum atomic E-state index is -0.782. The van der Waals surface area contributed by atoms with E-state index in [9.17, 15) is 20.1 Å². The molecule has 1 saturated heterocycles. The van der Waals surface area contributed by atoms with Crippen LogP contribution in [0.2, 0.25) is 0 Å². The van der Waals surface area contributed by atoms with Gasteiger partial charge in [-0.2, -0.15) is 10.5 Å². The number of nitrogens with zero attached hydrogens (tertiary/aromatic N) is 4. The van der Waals surface area contributed by atoms with E-state index in [-0.39, 0.29) is 23.1 Å². The van der Waals surface area contributed by atoms with E-state index in [4.69, 9.17) is 0 Å². The summed E-state index contributed by atoms with van der Waals surface area (Å²) in [4.78, 5) is 26.9. The van der Waals surface area contributed by atoms with Gasteiger partial charge in [-0.25, -0.2) is 0 Å². The Labute approximate surface area is 162 Å². The van der Waals surface area contributed by atoms with Crippen LogP contribution in [0.15, 0.2) is 29.1 Å². The summed E-state index contributed by atoms with van der Waals surface area (Å²) in [6.45, 7) is 1.15. The molecule has 7 heteroatoms. The second kappa shape index (κ2) is 6.69. The summed E-state index contributed by atoms with van der Waals surface area (Å²) in [6.07, 6.45) is 2.74. The van der Waals surface area contributed by atoms with Crippen molar-refractivity contribution < 1.29 is 4.79 Å². The average molecular weight is 375 g/mol. The fourth-order valence-corrected chi connectivity index (χ4v) is 3.98. The Morgan fingerprint density at radius 2 is 1.89 bits per heavy atom. The molecule has 1 aromatic heterocycles. The molecule has 1 N–H and O–H groups in total. The number of amides is 1. The monoisotopic (exact) mass is 375 g/mol. The van der Waals surface area contributed by atoms with Crippen LogP contribution >= 0.6 is 0 Å². The van der Waals surface area contributed by atoms with Crippen molar-refractivity contribution in [3.63, 3.8) is 0 Å². The lowest BCUT2D eigenvalue weighted by Gasteiger charge is -2.34. The maximum absolute atomic E-state index is 12.6. The van der Waals surface area contributed by atoms with Gasteiger partial charge in [0.05, 0.1) is 17.3 Å². The van der Waals surface area contributed by atoms with Crippen LogP contribution in [0, 0.1) is 28.1 Å². The third kappa shape index (κ3) is 2.80. The first-order chi connectivity index (χ1) is 13.5. The number of para-hydroxylation sites is 1. The van der Waals surface area contributed by atoms with Crippen LogP contribution in [0.25, 0.3) is 10.9 Å². The predicted molar refractivity (Wildman–Crippen MR) is 104 cm³/mol. The van der Waals surface area contributed by atoms with Crippen molar-refractivity contribution in [3.05, 3.63) is 40.2 Å². The smallest absolute Gasteiger partial charge is 0.270 e. The lowest BCUT2D eigenvalue weighted by molar-refractivity contribution is -0.135. The first-order valence-corrected chi connectivity index (χ1v) is 9.50. The molecule has 28 heavy (non-hydrogen) atoms. The number of rotatable bonds is 3. The summed E-state index contributed by atoms with van der Waals surface area (Å²) in [5.41, 5.74) is 0.353. The highest BCUT2D eigenvalue weighted by atomic mass is 16.2. The van der Waals surface area contributed by atoms with Gasteiger partial charge in [-0.05, 0) is 31.7 Å². The molecule has 2 fully saturated rings. The molecular weight excluding hydrogens is 354 g/mol. The summed E-state index contributed by atoms with van der Waals surface area (Å²) in [5, 5.41) is 23.0. The molecule has 0 atom stereocenters. The number of hydrogen-bond acceptors (Lipinski definition) is 5. The highest BCUT2D eigenvalue weighted by molar-refractivity contribution is 5.94. The topological polar surface area (TPSA) is 102 Å². The quantitative estimate of drug-likeness (QED) is 0.885. The second-order valence-electron chi connectivity index (χ2n) is 7.65. The number of anilines is 1. The Kier molecular flexibility index (Phi) is 4.31. The van der Waals surface area contributed by atoms with Gasteiger partial charge in [-0.1, -0.05) is 18.2 Å². The van der Waals surface area contributed by atoms with Gasteiger partial charge in [-0.15, -0.1) is 0 Å². The molecule has 0 bridgehead atoms. The number of benzene rings is 1. The van der Waals surface area contributed by atoms with Crippen molar-refractivity contribution >= 4 is 22.5 Å². The van der Waals surface area contributed by atoms with Crippen molar-refractivity contribution in [3.8, 4) is 12.1 Å². The van der Waals surface area contributed by atoms with Crippen LogP contribution in [0.5, 0.6) is 0 Å². The minimum absolute atomic E-state index is 0.0507. The van der Waals surface area contributed by atoms with Gasteiger partial charge in [0.25, 0.3) is 5.56 Å². The zero-order chi connectivity index (χ0) is 19.9. The molecule has 0 spiro atoms. The molecule has 0 unspecified atom stereocenters. The SMILES string of the molecule is Cn1c(=O)c(C#N)c(NC2CCN(C(=O)C3(C#N)CC3)CC2)c2ccccc21. The minimum Gasteiger partial charge on any atom is -0.380 e. The van der Waals surface area contributed by atoms with Gasteiger partial charge in [0, 0.05) is 31.6 Å². The Balaban J connectivity index is 1.57. The van der Waals surface area contributed by atoms with Crippen molar-refractivity contribution in [2.75, 3.05) is 18.4 Å². The maximum atomic E-state index is 12.6. The van der Waals surface area contributed by atoms with Crippen molar-refractivity contribution in [2.24, 2.45) is 12.5 Å². The highest BCUT2D eigenvalue weighted by Crippen LogP contribution is 2.46. The zero-order valence-corrected chi connectivity index (χ0v) is 15.7. The number of hydrogen-bond donors (Lipinski definition) is 1. The zero-order valence-electron chi connectivity index (χ0n) is 15.7. The summed E-state index contributed by atoms with van der Waals surface area (Å²) < 4.78 is 1.50. The number of piperidine rings is 1. The molecule has 142 valence electrons. The van der Waals surface area contributed by atoms with Crippen LogP contribution in [-0.4, -0.2) is 34.5 Å². The molecule has 1 aromatic carbocycles. The number of nitriles is 2. The van der Waals surface area contributed by atoms with Crippen LogP contribution in [-0.2, 0) is 11.8 Å². The summed E-state index contributed by atoms with van der Waals surface area (Å²) in [6, 6.07) is 11.8. The van der Waals surface area contributed by atoms with Crippen molar-refractivity contribution in [2.45, 2.75) is 31.7 Å². The molecule has 0 radical (unpaired) electrons. The second-order valence-corrected chi connectivity index (χ2v) is 7.65. The molecule has 1 amide bonds. The number of carbonyl (C=O) groups excluding carboxylic acids is 1. The summed E-state index contributed by atoms with van der Waals surface area (Å²) >= 11 is 0. The molecule has 2 aromatic rings. The van der Waals surface area contributed by atoms with Gasteiger partial charge in [0.2, 0.25) is 5.91 Å².